The van der Waals surface area contributed by atoms with Crippen LogP contribution in [0.15, 0.2) is 30.5 Å². The number of methoxy groups -OCH3 is 1. The van der Waals surface area contributed by atoms with Crippen molar-refractivity contribution >= 4 is 17.2 Å². The van der Waals surface area contributed by atoms with Crippen molar-refractivity contribution in [3.05, 3.63) is 41.6 Å². The predicted octanol–water partition coefficient (Wildman–Crippen LogP) is 2.19. The van der Waals surface area contributed by atoms with Crippen LogP contribution in [0.3, 0.4) is 0 Å². The number of ether oxygens (including phenoxy) is 1. The van der Waals surface area contributed by atoms with Crippen molar-refractivity contribution in [2.45, 2.75) is 6.61 Å². The van der Waals surface area contributed by atoms with Crippen LogP contribution in [0.25, 0.3) is 10.9 Å². The summed E-state index contributed by atoms with van der Waals surface area (Å²) in [6.45, 7) is 0.536. The molecular weight excluding hydrogens is 190 g/mol. The number of hydrogen-bond acceptors (Lipinski definition) is 3. The van der Waals surface area contributed by atoms with Crippen molar-refractivity contribution in [1.82, 2.24) is 4.98 Å². The van der Waals surface area contributed by atoms with Crippen LogP contribution in [0, 0.1) is 0 Å². The minimum Gasteiger partial charge on any atom is -0.380 e. The maximum atomic E-state index is 10.6. The summed E-state index contributed by atoms with van der Waals surface area (Å²) in [7, 11) is 1.64. The van der Waals surface area contributed by atoms with E-state index in [1.54, 1.807) is 19.4 Å². The van der Waals surface area contributed by atoms with Crippen LogP contribution in [-0.4, -0.2) is 18.4 Å². The second-order valence-electron chi connectivity index (χ2n) is 3.35. The lowest BCUT2D eigenvalue weighted by molar-refractivity contribution is 0.112. The van der Waals surface area contributed by atoms with Crippen LogP contribution in [0.2, 0.25) is 0 Å². The van der Waals surface area contributed by atoms with E-state index in [2.05, 4.69) is 4.98 Å². The lowest BCUT2D eigenvalue weighted by Gasteiger charge is -2.02. The molecule has 1 aromatic carbocycles. The Hall–Kier alpha value is -1.74. The fourth-order valence-electron chi connectivity index (χ4n) is 1.51. The van der Waals surface area contributed by atoms with Gasteiger partial charge in [0.05, 0.1) is 12.1 Å². The third-order valence-electron chi connectivity index (χ3n) is 2.21. The molecule has 1 aromatic heterocycles. The van der Waals surface area contributed by atoms with Crippen molar-refractivity contribution in [3.8, 4) is 0 Å². The average Bonchev–Trinajstić information content (AvgIpc) is 2.28. The second kappa shape index (κ2) is 4.19. The molecule has 0 radical (unpaired) electrons. The molecule has 0 unspecified atom stereocenters. The SMILES string of the molecule is COCc1cnc2ccc(C=O)cc2c1. The molecule has 0 aliphatic heterocycles. The van der Waals surface area contributed by atoms with Crippen LogP contribution in [0.5, 0.6) is 0 Å². The van der Waals surface area contributed by atoms with E-state index in [9.17, 15) is 4.79 Å². The third kappa shape index (κ3) is 2.02. The Kier molecular flexibility index (Phi) is 2.74. The van der Waals surface area contributed by atoms with Gasteiger partial charge in [-0.3, -0.25) is 9.78 Å². The highest BCUT2D eigenvalue weighted by atomic mass is 16.5. The van der Waals surface area contributed by atoms with Gasteiger partial charge in [0, 0.05) is 24.3 Å². The first-order chi connectivity index (χ1) is 7.33. The molecule has 1 heterocycles. The van der Waals surface area contributed by atoms with Crippen molar-refractivity contribution in [2.75, 3.05) is 7.11 Å². The number of nitrogens with zero attached hydrogens (tertiary/aromatic N) is 1. The molecule has 0 N–H and O–H groups in total. The molecule has 0 bridgehead atoms. The number of carbonyl (C=O) groups excluding carboxylic acids is 1. The standard InChI is InChI=1S/C12H11NO2/c1-15-8-10-5-11-4-9(7-14)2-3-12(11)13-6-10/h2-7H,8H2,1H3. The van der Waals surface area contributed by atoms with Gasteiger partial charge in [0.1, 0.15) is 6.29 Å². The molecular formula is C12H11NO2. The highest BCUT2D eigenvalue weighted by molar-refractivity contribution is 5.86. The van der Waals surface area contributed by atoms with Crippen molar-refractivity contribution in [1.29, 1.82) is 0 Å². The molecule has 0 amide bonds. The van der Waals surface area contributed by atoms with Crippen LogP contribution in [0.4, 0.5) is 0 Å². The largest absolute Gasteiger partial charge is 0.380 e. The van der Waals surface area contributed by atoms with Crippen molar-refractivity contribution in [2.24, 2.45) is 0 Å². The minimum atomic E-state index is 0.536. The quantitative estimate of drug-likeness (QED) is 0.714. The zero-order valence-corrected chi connectivity index (χ0v) is 8.43. The molecule has 15 heavy (non-hydrogen) atoms. The minimum absolute atomic E-state index is 0.536. The topological polar surface area (TPSA) is 39.2 Å². The molecule has 0 aliphatic rings. The summed E-state index contributed by atoms with van der Waals surface area (Å²) in [6.07, 6.45) is 2.62. The van der Waals surface area contributed by atoms with E-state index in [4.69, 9.17) is 4.74 Å². The Morgan fingerprint density at radius 1 is 1.40 bits per heavy atom. The number of hydrogen-bond donors (Lipinski definition) is 0. The molecule has 3 nitrogen and oxygen atoms in total. The molecule has 0 saturated carbocycles. The highest BCUT2D eigenvalue weighted by Gasteiger charge is 1.99. The van der Waals surface area contributed by atoms with Gasteiger partial charge < -0.3 is 4.74 Å². The van der Waals surface area contributed by atoms with E-state index >= 15 is 0 Å². The Morgan fingerprint density at radius 3 is 3.00 bits per heavy atom. The molecule has 2 rings (SSSR count). The first-order valence-corrected chi connectivity index (χ1v) is 4.66. The molecule has 3 heteroatoms. The van der Waals surface area contributed by atoms with Crippen LogP contribution < -0.4 is 0 Å². The van der Waals surface area contributed by atoms with E-state index in [-0.39, 0.29) is 0 Å². The van der Waals surface area contributed by atoms with E-state index < -0.39 is 0 Å². The zero-order chi connectivity index (χ0) is 10.7. The number of aldehydes is 1. The maximum Gasteiger partial charge on any atom is 0.150 e. The Balaban J connectivity index is 2.52. The summed E-state index contributed by atoms with van der Waals surface area (Å²) in [5.41, 5.74) is 2.56. The Morgan fingerprint density at radius 2 is 2.27 bits per heavy atom. The normalized spacial score (nSPS) is 10.5. The zero-order valence-electron chi connectivity index (χ0n) is 8.43. The Bertz CT molecular complexity index is 494. The number of benzene rings is 1. The van der Waals surface area contributed by atoms with Gasteiger partial charge in [-0.15, -0.1) is 0 Å². The van der Waals surface area contributed by atoms with Gasteiger partial charge in [0.25, 0.3) is 0 Å². The lowest BCUT2D eigenvalue weighted by Crippen LogP contribution is -1.90. The lowest BCUT2D eigenvalue weighted by atomic mass is 10.1. The fourth-order valence-corrected chi connectivity index (χ4v) is 1.51. The van der Waals surface area contributed by atoms with E-state index in [1.807, 2.05) is 18.2 Å². The first-order valence-electron chi connectivity index (χ1n) is 4.66. The number of aromatic nitrogens is 1. The summed E-state index contributed by atoms with van der Waals surface area (Å²) < 4.78 is 5.02. The highest BCUT2D eigenvalue weighted by Crippen LogP contribution is 2.15. The van der Waals surface area contributed by atoms with Crippen LogP contribution in [0.1, 0.15) is 15.9 Å². The van der Waals surface area contributed by atoms with Gasteiger partial charge in [0.2, 0.25) is 0 Å². The average molecular weight is 201 g/mol. The van der Waals surface area contributed by atoms with Gasteiger partial charge in [0.15, 0.2) is 0 Å². The molecule has 0 aliphatic carbocycles. The van der Waals surface area contributed by atoms with Crippen LogP contribution in [-0.2, 0) is 11.3 Å². The van der Waals surface area contributed by atoms with E-state index in [0.29, 0.717) is 12.2 Å². The number of rotatable bonds is 3. The number of pyridine rings is 1. The molecule has 2 aromatic rings. The van der Waals surface area contributed by atoms with E-state index in [1.165, 1.54) is 0 Å². The number of carbonyl (C=O) groups is 1. The summed E-state index contributed by atoms with van der Waals surface area (Å²) >= 11 is 0. The molecule has 76 valence electrons. The monoisotopic (exact) mass is 201 g/mol. The summed E-state index contributed by atoms with van der Waals surface area (Å²) in [6, 6.07) is 7.42. The molecule has 0 atom stereocenters. The first kappa shape index (κ1) is 9.80. The van der Waals surface area contributed by atoms with Gasteiger partial charge >= 0.3 is 0 Å². The molecule has 0 saturated heterocycles. The molecule has 0 fully saturated rings. The summed E-state index contributed by atoms with van der Waals surface area (Å²) in [5.74, 6) is 0. The second-order valence-corrected chi connectivity index (χ2v) is 3.35. The summed E-state index contributed by atoms with van der Waals surface area (Å²) in [5, 5.41) is 0.967. The fraction of sp³-hybridized carbons (Fsp3) is 0.167. The number of fused-ring (bicyclic) bond motifs is 1. The molecule has 0 spiro atoms. The third-order valence-corrected chi connectivity index (χ3v) is 2.21. The maximum absolute atomic E-state index is 10.6. The smallest absolute Gasteiger partial charge is 0.150 e. The Labute approximate surface area is 87.7 Å². The van der Waals surface area contributed by atoms with Gasteiger partial charge in [-0.25, -0.2) is 0 Å². The van der Waals surface area contributed by atoms with E-state index in [0.717, 1.165) is 22.8 Å². The van der Waals surface area contributed by atoms with Crippen LogP contribution >= 0.6 is 0 Å². The van der Waals surface area contributed by atoms with Gasteiger partial charge in [-0.1, -0.05) is 0 Å². The predicted molar refractivity (Wildman–Crippen MR) is 57.8 cm³/mol. The van der Waals surface area contributed by atoms with Gasteiger partial charge in [-0.05, 0) is 29.8 Å². The summed E-state index contributed by atoms with van der Waals surface area (Å²) in [4.78, 5) is 14.9. The van der Waals surface area contributed by atoms with Crippen molar-refractivity contribution < 1.29 is 9.53 Å². The van der Waals surface area contributed by atoms with Gasteiger partial charge in [-0.2, -0.15) is 0 Å². The van der Waals surface area contributed by atoms with Crippen molar-refractivity contribution in [3.63, 3.8) is 0 Å².